The number of esters is 1. The molecule has 1 aromatic rings. The third-order valence-corrected chi connectivity index (χ3v) is 4.30. The minimum Gasteiger partial charge on any atom is -0.480 e. The SMILES string of the molecule is C=C(C)C(=O)OCCNC(=O)CN(CC(=O)O)Cc1ccc(C(C)CC)cc1. The number of carboxylic acids is 1. The van der Waals surface area contributed by atoms with E-state index in [-0.39, 0.29) is 32.1 Å². The van der Waals surface area contributed by atoms with E-state index in [2.05, 4.69) is 25.7 Å². The van der Waals surface area contributed by atoms with Gasteiger partial charge in [0.2, 0.25) is 5.91 Å². The average Bonchev–Trinajstić information content (AvgIpc) is 2.64. The number of hydrogen-bond acceptors (Lipinski definition) is 5. The summed E-state index contributed by atoms with van der Waals surface area (Å²) in [6.45, 7) is 9.54. The molecule has 0 radical (unpaired) electrons. The molecular weight excluding hydrogens is 360 g/mol. The fraction of sp³-hybridized carbons (Fsp3) is 0.476. The second-order valence-electron chi connectivity index (χ2n) is 6.86. The molecule has 1 atom stereocenters. The minimum atomic E-state index is -1.00. The molecule has 7 heteroatoms. The lowest BCUT2D eigenvalue weighted by molar-refractivity contribution is -0.140. The summed E-state index contributed by atoms with van der Waals surface area (Å²) in [6, 6.07) is 8.01. The van der Waals surface area contributed by atoms with Crippen molar-refractivity contribution in [3.8, 4) is 0 Å². The first-order chi connectivity index (χ1) is 13.2. The molecule has 0 aliphatic carbocycles. The third-order valence-electron chi connectivity index (χ3n) is 4.30. The van der Waals surface area contributed by atoms with E-state index in [4.69, 9.17) is 9.84 Å². The Morgan fingerprint density at radius 1 is 1.21 bits per heavy atom. The van der Waals surface area contributed by atoms with Crippen molar-refractivity contribution in [3.05, 3.63) is 47.5 Å². The fourth-order valence-electron chi connectivity index (χ4n) is 2.52. The zero-order valence-corrected chi connectivity index (χ0v) is 16.9. The number of carboxylic acid groups (broad SMARTS) is 1. The van der Waals surface area contributed by atoms with Gasteiger partial charge in [-0.05, 0) is 30.4 Å². The van der Waals surface area contributed by atoms with Gasteiger partial charge < -0.3 is 15.2 Å². The first kappa shape index (κ1) is 23.4. The van der Waals surface area contributed by atoms with Crippen LogP contribution in [0.5, 0.6) is 0 Å². The van der Waals surface area contributed by atoms with E-state index < -0.39 is 11.9 Å². The van der Waals surface area contributed by atoms with Crippen LogP contribution in [0.3, 0.4) is 0 Å². The molecule has 0 aliphatic rings. The molecule has 0 fully saturated rings. The maximum Gasteiger partial charge on any atom is 0.333 e. The number of amides is 1. The maximum atomic E-state index is 12.1. The zero-order valence-electron chi connectivity index (χ0n) is 16.9. The standard InChI is InChI=1S/C21H30N2O5/c1-5-16(4)18-8-6-17(7-9-18)12-23(14-20(25)26)13-19(24)22-10-11-28-21(27)15(2)3/h6-9,16H,2,5,10-14H2,1,3-4H3,(H,22,24)(H,25,26). The van der Waals surface area contributed by atoms with Gasteiger partial charge in [-0.25, -0.2) is 4.79 Å². The lowest BCUT2D eigenvalue weighted by Crippen LogP contribution is -2.40. The molecule has 2 N–H and O–H groups in total. The molecule has 1 unspecified atom stereocenters. The topological polar surface area (TPSA) is 95.9 Å². The van der Waals surface area contributed by atoms with Crippen LogP contribution in [0.2, 0.25) is 0 Å². The van der Waals surface area contributed by atoms with Crippen molar-refractivity contribution < 1.29 is 24.2 Å². The monoisotopic (exact) mass is 390 g/mol. The number of carbonyl (C=O) groups excluding carboxylic acids is 2. The summed E-state index contributed by atoms with van der Waals surface area (Å²) in [4.78, 5) is 36.0. The van der Waals surface area contributed by atoms with Crippen LogP contribution in [0, 0.1) is 0 Å². The summed E-state index contributed by atoms with van der Waals surface area (Å²) in [7, 11) is 0. The summed E-state index contributed by atoms with van der Waals surface area (Å²) in [5.41, 5.74) is 2.47. The van der Waals surface area contributed by atoms with Crippen LogP contribution in [-0.4, -0.2) is 54.1 Å². The predicted molar refractivity (Wildman–Crippen MR) is 107 cm³/mol. The lowest BCUT2D eigenvalue weighted by atomic mass is 9.97. The second-order valence-corrected chi connectivity index (χ2v) is 6.86. The maximum absolute atomic E-state index is 12.1. The van der Waals surface area contributed by atoms with E-state index in [0.717, 1.165) is 12.0 Å². The average molecular weight is 390 g/mol. The molecule has 154 valence electrons. The Morgan fingerprint density at radius 3 is 2.39 bits per heavy atom. The number of benzene rings is 1. The second kappa shape index (κ2) is 11.9. The van der Waals surface area contributed by atoms with Crippen LogP contribution in [0.1, 0.15) is 44.2 Å². The normalized spacial score (nSPS) is 11.7. The van der Waals surface area contributed by atoms with Crippen LogP contribution in [0.15, 0.2) is 36.4 Å². The molecule has 0 heterocycles. The van der Waals surface area contributed by atoms with E-state index in [0.29, 0.717) is 18.0 Å². The van der Waals surface area contributed by atoms with Crippen molar-refractivity contribution in [1.29, 1.82) is 0 Å². The molecule has 0 aromatic heterocycles. The molecule has 1 rings (SSSR count). The number of rotatable bonds is 12. The summed E-state index contributed by atoms with van der Waals surface area (Å²) in [6.07, 6.45) is 1.05. The largest absolute Gasteiger partial charge is 0.480 e. The van der Waals surface area contributed by atoms with Crippen molar-refractivity contribution in [2.75, 3.05) is 26.2 Å². The van der Waals surface area contributed by atoms with Crippen molar-refractivity contribution >= 4 is 17.8 Å². The van der Waals surface area contributed by atoms with Gasteiger partial charge in [0, 0.05) is 12.1 Å². The molecular formula is C21H30N2O5. The van der Waals surface area contributed by atoms with Gasteiger partial charge in [-0.2, -0.15) is 0 Å². The Bertz CT molecular complexity index is 685. The number of hydrogen-bond donors (Lipinski definition) is 2. The third kappa shape index (κ3) is 8.81. The summed E-state index contributed by atoms with van der Waals surface area (Å²) in [5.74, 6) is -1.38. The number of nitrogens with one attached hydrogen (secondary N) is 1. The molecule has 0 saturated heterocycles. The molecule has 0 saturated carbocycles. The summed E-state index contributed by atoms with van der Waals surface area (Å²) >= 11 is 0. The zero-order chi connectivity index (χ0) is 21.1. The number of aliphatic carboxylic acids is 1. The van der Waals surface area contributed by atoms with E-state index in [1.54, 1.807) is 11.8 Å². The first-order valence-corrected chi connectivity index (χ1v) is 9.35. The molecule has 1 amide bonds. The Labute approximate surface area is 166 Å². The van der Waals surface area contributed by atoms with Gasteiger partial charge in [-0.3, -0.25) is 14.5 Å². The highest BCUT2D eigenvalue weighted by atomic mass is 16.5. The minimum absolute atomic E-state index is 0.0352. The van der Waals surface area contributed by atoms with Gasteiger partial charge in [-0.15, -0.1) is 0 Å². The smallest absolute Gasteiger partial charge is 0.333 e. The highest BCUT2D eigenvalue weighted by Gasteiger charge is 2.15. The van der Waals surface area contributed by atoms with Crippen molar-refractivity contribution in [3.63, 3.8) is 0 Å². The first-order valence-electron chi connectivity index (χ1n) is 9.35. The van der Waals surface area contributed by atoms with Crippen molar-refractivity contribution in [2.45, 2.75) is 39.7 Å². The van der Waals surface area contributed by atoms with Gasteiger partial charge in [0.25, 0.3) is 0 Å². The molecule has 0 bridgehead atoms. The van der Waals surface area contributed by atoms with Gasteiger partial charge >= 0.3 is 11.9 Å². The summed E-state index contributed by atoms with van der Waals surface area (Å²) < 4.78 is 4.90. The fourth-order valence-corrected chi connectivity index (χ4v) is 2.52. The van der Waals surface area contributed by atoms with Gasteiger partial charge in [0.15, 0.2) is 0 Å². The lowest BCUT2D eigenvalue weighted by Gasteiger charge is -2.20. The van der Waals surface area contributed by atoms with E-state index in [9.17, 15) is 14.4 Å². The number of nitrogens with zero attached hydrogens (tertiary/aromatic N) is 1. The Balaban J connectivity index is 2.55. The van der Waals surface area contributed by atoms with Crippen LogP contribution in [-0.2, 0) is 25.7 Å². The highest BCUT2D eigenvalue weighted by Crippen LogP contribution is 2.19. The Hall–Kier alpha value is -2.67. The quantitative estimate of drug-likeness (QED) is 0.323. The van der Waals surface area contributed by atoms with Crippen LogP contribution in [0.25, 0.3) is 0 Å². The van der Waals surface area contributed by atoms with Crippen LogP contribution in [0.4, 0.5) is 0 Å². The molecule has 1 aromatic carbocycles. The molecule has 0 spiro atoms. The van der Waals surface area contributed by atoms with Crippen LogP contribution >= 0.6 is 0 Å². The van der Waals surface area contributed by atoms with E-state index in [1.165, 1.54) is 5.56 Å². The Kier molecular flexibility index (Phi) is 9.95. The van der Waals surface area contributed by atoms with Crippen molar-refractivity contribution in [1.82, 2.24) is 10.2 Å². The van der Waals surface area contributed by atoms with E-state index in [1.807, 2.05) is 24.3 Å². The highest BCUT2D eigenvalue weighted by molar-refractivity contribution is 5.87. The number of carbonyl (C=O) groups is 3. The van der Waals surface area contributed by atoms with Crippen LogP contribution < -0.4 is 5.32 Å². The summed E-state index contributed by atoms with van der Waals surface area (Å²) in [5, 5.41) is 11.7. The molecule has 28 heavy (non-hydrogen) atoms. The van der Waals surface area contributed by atoms with E-state index >= 15 is 0 Å². The van der Waals surface area contributed by atoms with Crippen molar-refractivity contribution in [2.24, 2.45) is 0 Å². The number of ether oxygens (including phenoxy) is 1. The van der Waals surface area contributed by atoms with Gasteiger partial charge in [0.05, 0.1) is 19.6 Å². The predicted octanol–water partition coefficient (Wildman–Crippen LogP) is 2.32. The Morgan fingerprint density at radius 2 is 1.86 bits per heavy atom. The molecule has 7 nitrogen and oxygen atoms in total. The van der Waals surface area contributed by atoms with Gasteiger partial charge in [0.1, 0.15) is 6.61 Å². The molecule has 0 aliphatic heterocycles. The van der Waals surface area contributed by atoms with Gasteiger partial charge in [-0.1, -0.05) is 44.7 Å².